The Bertz CT molecular complexity index is 342. The fraction of sp³-hybridized carbons (Fsp3) is 0.364. The maximum atomic E-state index is 10.8. The van der Waals surface area contributed by atoms with Gasteiger partial charge in [0.2, 0.25) is 0 Å². The first kappa shape index (κ1) is 10.6. The lowest BCUT2D eigenvalue weighted by Gasteiger charge is -2.25. The highest BCUT2D eigenvalue weighted by Crippen LogP contribution is 2.31. The summed E-state index contributed by atoms with van der Waals surface area (Å²) in [4.78, 5) is 10.8. The average molecular weight is 194 g/mol. The van der Waals surface area contributed by atoms with Crippen molar-refractivity contribution < 1.29 is 14.6 Å². The van der Waals surface area contributed by atoms with Crippen LogP contribution in [-0.2, 0) is 15.1 Å². The number of hydrogen-bond acceptors (Lipinski definition) is 3. The minimum Gasteiger partial charge on any atom is -0.508 e. The normalized spacial score (nSPS) is 11.1. The Hall–Kier alpha value is -1.51. The number of rotatable bonds is 2. The molecule has 3 nitrogen and oxygen atoms in total. The zero-order valence-corrected chi connectivity index (χ0v) is 8.57. The van der Waals surface area contributed by atoms with Crippen molar-refractivity contribution >= 4 is 5.97 Å². The summed E-state index contributed by atoms with van der Waals surface area (Å²) in [6.45, 7) is 4.83. The molecule has 0 heterocycles. The van der Waals surface area contributed by atoms with Crippen molar-refractivity contribution in [1.29, 1.82) is 0 Å². The van der Waals surface area contributed by atoms with Gasteiger partial charge in [0.25, 0.3) is 0 Å². The van der Waals surface area contributed by atoms with Crippen molar-refractivity contribution in [2.75, 3.05) is 0 Å². The molecule has 1 N–H and O–H groups in total. The van der Waals surface area contributed by atoms with Gasteiger partial charge in [-0.2, -0.15) is 0 Å². The largest absolute Gasteiger partial charge is 0.508 e. The molecule has 0 radical (unpaired) electrons. The van der Waals surface area contributed by atoms with E-state index in [0.717, 1.165) is 0 Å². The average Bonchev–Trinajstić information content (AvgIpc) is 2.02. The minimum atomic E-state index is -0.794. The first-order valence-corrected chi connectivity index (χ1v) is 4.41. The molecule has 0 aliphatic heterocycles. The summed E-state index contributed by atoms with van der Waals surface area (Å²) in [7, 11) is 0. The van der Waals surface area contributed by atoms with Crippen LogP contribution in [0.2, 0.25) is 0 Å². The SMILES string of the molecule is CC(=O)OC(C)(C)c1ccccc1O. The van der Waals surface area contributed by atoms with Crippen molar-refractivity contribution in [3.8, 4) is 5.75 Å². The molecular weight excluding hydrogens is 180 g/mol. The minimum absolute atomic E-state index is 0.138. The fourth-order valence-corrected chi connectivity index (χ4v) is 1.40. The van der Waals surface area contributed by atoms with E-state index >= 15 is 0 Å². The maximum absolute atomic E-state index is 10.8. The lowest BCUT2D eigenvalue weighted by molar-refractivity contribution is -0.154. The number of hydrogen-bond donors (Lipinski definition) is 1. The van der Waals surface area contributed by atoms with Crippen LogP contribution in [0.5, 0.6) is 5.75 Å². The van der Waals surface area contributed by atoms with Gasteiger partial charge in [0, 0.05) is 12.5 Å². The Labute approximate surface area is 83.3 Å². The topological polar surface area (TPSA) is 46.5 Å². The molecule has 0 amide bonds. The zero-order chi connectivity index (χ0) is 10.8. The van der Waals surface area contributed by atoms with Crippen molar-refractivity contribution in [1.82, 2.24) is 0 Å². The standard InChI is InChI=1S/C11H14O3/c1-8(12)14-11(2,3)9-6-4-5-7-10(9)13/h4-7,13H,1-3H3. The first-order valence-electron chi connectivity index (χ1n) is 4.41. The lowest BCUT2D eigenvalue weighted by Crippen LogP contribution is -2.24. The third-order valence-electron chi connectivity index (χ3n) is 1.95. The third kappa shape index (κ3) is 2.25. The summed E-state index contributed by atoms with van der Waals surface area (Å²) < 4.78 is 5.11. The monoisotopic (exact) mass is 194 g/mol. The zero-order valence-electron chi connectivity index (χ0n) is 8.57. The van der Waals surface area contributed by atoms with Gasteiger partial charge >= 0.3 is 5.97 Å². The van der Waals surface area contributed by atoms with E-state index in [1.807, 2.05) is 0 Å². The van der Waals surface area contributed by atoms with E-state index in [0.29, 0.717) is 5.56 Å². The number of aromatic hydroxyl groups is 1. The molecule has 1 rings (SSSR count). The fourth-order valence-electron chi connectivity index (χ4n) is 1.40. The van der Waals surface area contributed by atoms with Crippen LogP contribution in [-0.4, -0.2) is 11.1 Å². The summed E-state index contributed by atoms with van der Waals surface area (Å²) >= 11 is 0. The maximum Gasteiger partial charge on any atom is 0.303 e. The van der Waals surface area contributed by atoms with Crippen molar-refractivity contribution in [2.24, 2.45) is 0 Å². The number of carbonyl (C=O) groups excluding carboxylic acids is 1. The highest BCUT2D eigenvalue weighted by atomic mass is 16.6. The summed E-state index contributed by atoms with van der Waals surface area (Å²) in [6, 6.07) is 6.82. The highest BCUT2D eigenvalue weighted by Gasteiger charge is 2.26. The van der Waals surface area contributed by atoms with E-state index in [1.54, 1.807) is 38.1 Å². The van der Waals surface area contributed by atoms with Gasteiger partial charge in [-0.3, -0.25) is 4.79 Å². The quantitative estimate of drug-likeness (QED) is 0.734. The Morgan fingerprint density at radius 1 is 1.36 bits per heavy atom. The highest BCUT2D eigenvalue weighted by molar-refractivity contribution is 5.67. The Balaban J connectivity index is 3.03. The van der Waals surface area contributed by atoms with E-state index in [9.17, 15) is 9.90 Å². The molecule has 1 aromatic rings. The second-order valence-electron chi connectivity index (χ2n) is 3.62. The first-order chi connectivity index (χ1) is 6.43. The van der Waals surface area contributed by atoms with Gasteiger partial charge in [-0.05, 0) is 19.9 Å². The molecule has 76 valence electrons. The van der Waals surface area contributed by atoms with E-state index in [-0.39, 0.29) is 11.7 Å². The predicted molar refractivity (Wildman–Crippen MR) is 52.9 cm³/mol. The van der Waals surface area contributed by atoms with Crippen LogP contribution < -0.4 is 0 Å². The number of phenolic OH excluding ortho intramolecular Hbond substituents is 1. The van der Waals surface area contributed by atoms with Crippen LogP contribution in [0.15, 0.2) is 24.3 Å². The molecule has 0 fully saturated rings. The molecule has 0 spiro atoms. The molecule has 0 aliphatic rings. The second-order valence-corrected chi connectivity index (χ2v) is 3.62. The summed E-state index contributed by atoms with van der Waals surface area (Å²) in [6.07, 6.45) is 0. The van der Waals surface area contributed by atoms with Gasteiger partial charge in [-0.25, -0.2) is 0 Å². The summed E-state index contributed by atoms with van der Waals surface area (Å²) in [5, 5.41) is 9.57. The van der Waals surface area contributed by atoms with Crippen LogP contribution >= 0.6 is 0 Å². The van der Waals surface area contributed by atoms with Crippen molar-refractivity contribution in [3.63, 3.8) is 0 Å². The van der Waals surface area contributed by atoms with Crippen molar-refractivity contribution in [3.05, 3.63) is 29.8 Å². The second kappa shape index (κ2) is 3.70. The smallest absolute Gasteiger partial charge is 0.303 e. The van der Waals surface area contributed by atoms with E-state index in [2.05, 4.69) is 0 Å². The summed E-state index contributed by atoms with van der Waals surface area (Å²) in [5.41, 5.74) is -0.188. The molecule has 0 unspecified atom stereocenters. The number of phenols is 1. The Kier molecular flexibility index (Phi) is 2.79. The Morgan fingerprint density at radius 3 is 2.43 bits per heavy atom. The molecule has 0 saturated heterocycles. The molecular formula is C11H14O3. The molecule has 0 saturated carbocycles. The molecule has 0 atom stereocenters. The molecule has 0 bridgehead atoms. The van der Waals surface area contributed by atoms with Gasteiger partial charge in [0.15, 0.2) is 0 Å². The van der Waals surface area contributed by atoms with Crippen LogP contribution in [0.4, 0.5) is 0 Å². The third-order valence-corrected chi connectivity index (χ3v) is 1.95. The Morgan fingerprint density at radius 2 is 1.93 bits per heavy atom. The number of ether oxygens (including phenoxy) is 1. The van der Waals surface area contributed by atoms with Crippen LogP contribution in [0.25, 0.3) is 0 Å². The molecule has 0 aromatic heterocycles. The van der Waals surface area contributed by atoms with E-state index in [4.69, 9.17) is 4.74 Å². The molecule has 1 aromatic carbocycles. The van der Waals surface area contributed by atoms with Gasteiger partial charge in [0.1, 0.15) is 11.4 Å². The number of para-hydroxylation sites is 1. The van der Waals surface area contributed by atoms with E-state index in [1.165, 1.54) is 6.92 Å². The van der Waals surface area contributed by atoms with Gasteiger partial charge in [-0.15, -0.1) is 0 Å². The van der Waals surface area contributed by atoms with Crippen LogP contribution in [0.3, 0.4) is 0 Å². The number of esters is 1. The van der Waals surface area contributed by atoms with Crippen LogP contribution in [0, 0.1) is 0 Å². The van der Waals surface area contributed by atoms with Crippen LogP contribution in [0.1, 0.15) is 26.3 Å². The molecule has 14 heavy (non-hydrogen) atoms. The lowest BCUT2D eigenvalue weighted by atomic mass is 9.97. The van der Waals surface area contributed by atoms with Gasteiger partial charge in [-0.1, -0.05) is 18.2 Å². The van der Waals surface area contributed by atoms with Crippen molar-refractivity contribution in [2.45, 2.75) is 26.4 Å². The molecule has 0 aliphatic carbocycles. The van der Waals surface area contributed by atoms with Gasteiger partial charge in [0.05, 0.1) is 0 Å². The molecule has 3 heteroatoms. The van der Waals surface area contributed by atoms with Gasteiger partial charge < -0.3 is 9.84 Å². The predicted octanol–water partition coefficient (Wildman–Crippen LogP) is 2.19. The van der Waals surface area contributed by atoms with E-state index < -0.39 is 5.60 Å². The number of benzene rings is 1. The number of carbonyl (C=O) groups is 1. The summed E-state index contributed by atoms with van der Waals surface area (Å²) in [5.74, 6) is -0.225.